The molecular formula is C5H10KO2P. The van der Waals surface area contributed by atoms with Gasteiger partial charge in [0.2, 0.25) is 0 Å². The number of unbranched alkanes of at least 4 members (excludes halogenated alkanes) is 2. The van der Waals surface area contributed by atoms with Crippen LogP contribution in [-0.2, 0) is 4.79 Å². The second-order valence-electron chi connectivity index (χ2n) is 1.56. The van der Waals surface area contributed by atoms with E-state index in [0.29, 0.717) is 6.42 Å². The first kappa shape index (κ1) is 13.3. The summed E-state index contributed by atoms with van der Waals surface area (Å²) in [6.45, 7) is 0. The molecule has 0 aliphatic carbocycles. The fraction of sp³-hybridized carbons (Fsp3) is 0.800. The fourth-order valence-electron chi connectivity index (χ4n) is 0.425. The van der Waals surface area contributed by atoms with Gasteiger partial charge in [0, 0.05) is 6.42 Å². The van der Waals surface area contributed by atoms with Crippen molar-refractivity contribution in [1.29, 1.82) is 0 Å². The fourth-order valence-corrected chi connectivity index (χ4v) is 0.819. The van der Waals surface area contributed by atoms with Crippen LogP contribution in [0.5, 0.6) is 0 Å². The molecule has 1 atom stereocenters. The van der Waals surface area contributed by atoms with Gasteiger partial charge in [-0.15, -0.1) is 0 Å². The second-order valence-corrected chi connectivity index (χ2v) is 2.35. The molecule has 9 heavy (non-hydrogen) atoms. The van der Waals surface area contributed by atoms with Crippen molar-refractivity contribution in [2.24, 2.45) is 0 Å². The molecule has 0 amide bonds. The van der Waals surface area contributed by atoms with Gasteiger partial charge in [0.1, 0.15) is 6.29 Å². The number of carbonyl (C=O) groups excluding carboxylic acids is 1. The van der Waals surface area contributed by atoms with Crippen molar-refractivity contribution in [3.8, 4) is 0 Å². The van der Waals surface area contributed by atoms with Crippen LogP contribution in [0.4, 0.5) is 0 Å². The third-order valence-corrected chi connectivity index (χ3v) is 1.41. The monoisotopic (exact) mass is 172 g/mol. The summed E-state index contributed by atoms with van der Waals surface area (Å²) in [6.07, 6.45) is 4.06. The summed E-state index contributed by atoms with van der Waals surface area (Å²) in [4.78, 5) is 19.5. The molecule has 0 saturated heterocycles. The minimum absolute atomic E-state index is 0. The van der Waals surface area contributed by atoms with Crippen LogP contribution in [0.1, 0.15) is 19.3 Å². The summed E-state index contributed by atoms with van der Waals surface area (Å²) in [7, 11) is -0.197. The minimum atomic E-state index is -0.197. The van der Waals surface area contributed by atoms with Crippen LogP contribution in [0.3, 0.4) is 0 Å². The maximum Gasteiger partial charge on any atom is 1.00 e. The van der Waals surface area contributed by atoms with Crippen molar-refractivity contribution in [3.05, 3.63) is 0 Å². The van der Waals surface area contributed by atoms with E-state index >= 15 is 0 Å². The number of rotatable bonds is 5. The van der Waals surface area contributed by atoms with Gasteiger partial charge in [-0.25, -0.2) is 8.81 Å². The molecule has 0 heterocycles. The standard InChI is InChI=1S/C5H10O2P.K/c6-4-2-1-3-5-8-7;/h4,8H,1-3,5H2;/q-1;+1. The van der Waals surface area contributed by atoms with Gasteiger partial charge in [-0.05, 0) is 12.6 Å². The summed E-state index contributed by atoms with van der Waals surface area (Å²) in [6, 6.07) is 0. The van der Waals surface area contributed by atoms with Crippen molar-refractivity contribution in [3.63, 3.8) is 0 Å². The molecule has 1 unspecified atom stereocenters. The van der Waals surface area contributed by atoms with E-state index in [0.717, 1.165) is 25.3 Å². The Hall–Kier alpha value is 1.70. The molecule has 0 bridgehead atoms. The smallest absolute Gasteiger partial charge is 0.832 e. The molecule has 0 saturated carbocycles. The molecule has 0 aromatic rings. The summed E-state index contributed by atoms with van der Waals surface area (Å²) >= 11 is 0. The minimum Gasteiger partial charge on any atom is -0.832 e. The quantitative estimate of drug-likeness (QED) is 0.196. The maximum absolute atomic E-state index is 9.83. The van der Waals surface area contributed by atoms with E-state index in [9.17, 15) is 9.69 Å². The average molecular weight is 172 g/mol. The van der Waals surface area contributed by atoms with E-state index in [1.54, 1.807) is 0 Å². The largest absolute Gasteiger partial charge is 1.00 e. The molecule has 0 aromatic heterocycles. The van der Waals surface area contributed by atoms with Gasteiger partial charge in [0.05, 0.1) is 0 Å². The summed E-state index contributed by atoms with van der Waals surface area (Å²) in [5.41, 5.74) is 0. The van der Waals surface area contributed by atoms with Gasteiger partial charge in [-0.2, -0.15) is 0 Å². The Morgan fingerprint density at radius 3 is 2.56 bits per heavy atom. The molecule has 48 valence electrons. The molecule has 0 aromatic carbocycles. The van der Waals surface area contributed by atoms with Gasteiger partial charge in [0.25, 0.3) is 0 Å². The molecule has 0 rings (SSSR count). The Bertz CT molecular complexity index is 60.9. The van der Waals surface area contributed by atoms with Crippen LogP contribution < -0.4 is 56.3 Å². The van der Waals surface area contributed by atoms with E-state index in [4.69, 9.17) is 0 Å². The summed E-state index contributed by atoms with van der Waals surface area (Å²) < 4.78 is 0. The second kappa shape index (κ2) is 12.4. The first-order valence-electron chi connectivity index (χ1n) is 2.70. The topological polar surface area (TPSA) is 40.1 Å². The van der Waals surface area contributed by atoms with Crippen molar-refractivity contribution in [1.82, 2.24) is 0 Å². The zero-order chi connectivity index (χ0) is 6.24. The van der Waals surface area contributed by atoms with E-state index < -0.39 is 0 Å². The number of hydrogen-bond donors (Lipinski definition) is 0. The molecule has 4 heteroatoms. The summed E-state index contributed by atoms with van der Waals surface area (Å²) in [5.74, 6) is 0. The van der Waals surface area contributed by atoms with Gasteiger partial charge in [0.15, 0.2) is 0 Å². The number of carbonyl (C=O) groups is 1. The predicted octanol–water partition coefficient (Wildman–Crippen LogP) is -2.69. The Kier molecular flexibility index (Phi) is 18.3. The average Bonchev–Trinajstić information content (AvgIpc) is 1.81. The van der Waals surface area contributed by atoms with Gasteiger partial charge < -0.3 is 9.69 Å². The van der Waals surface area contributed by atoms with Crippen LogP contribution in [-0.4, -0.2) is 12.4 Å². The van der Waals surface area contributed by atoms with E-state index in [1.165, 1.54) is 0 Å². The van der Waals surface area contributed by atoms with Crippen molar-refractivity contribution < 1.29 is 61.1 Å². The zero-order valence-electron chi connectivity index (χ0n) is 5.72. The Balaban J connectivity index is 0. The molecule has 0 spiro atoms. The molecule has 0 aliphatic rings. The van der Waals surface area contributed by atoms with Crippen LogP contribution >= 0.6 is 8.81 Å². The molecule has 0 fully saturated rings. The number of aldehydes is 1. The van der Waals surface area contributed by atoms with Crippen molar-refractivity contribution >= 4 is 15.1 Å². The van der Waals surface area contributed by atoms with Gasteiger partial charge >= 0.3 is 51.4 Å². The Morgan fingerprint density at radius 1 is 1.44 bits per heavy atom. The van der Waals surface area contributed by atoms with Crippen molar-refractivity contribution in [2.45, 2.75) is 19.3 Å². The summed E-state index contributed by atoms with van der Waals surface area (Å²) in [5, 5.41) is 0. The van der Waals surface area contributed by atoms with Gasteiger partial charge in [-0.1, -0.05) is 6.42 Å². The first-order valence-corrected chi connectivity index (χ1v) is 3.82. The SMILES string of the molecule is O=CCCCCP[O-].[K+]. The van der Waals surface area contributed by atoms with Crippen molar-refractivity contribution in [2.75, 3.05) is 6.16 Å². The normalized spacial score (nSPS) is 9.44. The van der Waals surface area contributed by atoms with Crippen LogP contribution in [0, 0.1) is 0 Å². The number of hydrogen-bond acceptors (Lipinski definition) is 2. The van der Waals surface area contributed by atoms with Crippen LogP contribution in [0.2, 0.25) is 0 Å². The molecule has 0 aliphatic heterocycles. The molecule has 0 N–H and O–H groups in total. The third-order valence-electron chi connectivity index (χ3n) is 0.851. The van der Waals surface area contributed by atoms with Gasteiger partial charge in [-0.3, -0.25) is 0 Å². The molecular weight excluding hydrogens is 162 g/mol. The Morgan fingerprint density at radius 2 is 2.11 bits per heavy atom. The third kappa shape index (κ3) is 12.8. The van der Waals surface area contributed by atoms with E-state index in [1.807, 2.05) is 0 Å². The Labute approximate surface area is 100 Å². The van der Waals surface area contributed by atoms with Crippen LogP contribution in [0.15, 0.2) is 0 Å². The molecule has 0 radical (unpaired) electrons. The van der Waals surface area contributed by atoms with Crippen LogP contribution in [0.25, 0.3) is 0 Å². The zero-order valence-corrected chi connectivity index (χ0v) is 9.85. The molecule has 2 nitrogen and oxygen atoms in total. The van der Waals surface area contributed by atoms with E-state index in [-0.39, 0.29) is 60.2 Å². The maximum atomic E-state index is 9.83. The first-order chi connectivity index (χ1) is 3.91. The predicted molar refractivity (Wildman–Crippen MR) is 33.1 cm³/mol. The van der Waals surface area contributed by atoms with E-state index in [2.05, 4.69) is 0 Å².